The maximum absolute atomic E-state index is 6.28. The van der Waals surface area contributed by atoms with Gasteiger partial charge in [0, 0.05) is 10.0 Å². The van der Waals surface area contributed by atoms with Crippen LogP contribution in [0.3, 0.4) is 0 Å². The van der Waals surface area contributed by atoms with Gasteiger partial charge in [0.15, 0.2) is 11.6 Å². The fourth-order valence-corrected chi connectivity index (χ4v) is 2.72. The van der Waals surface area contributed by atoms with Gasteiger partial charge in [-0.05, 0) is 30.7 Å². The Hall–Kier alpha value is -1.78. The lowest BCUT2D eigenvalue weighted by atomic mass is 10.0. The second kappa shape index (κ2) is 5.54. The topological polar surface area (TPSA) is 52.0 Å². The zero-order valence-corrected chi connectivity index (χ0v) is 13.6. The normalized spacial score (nSPS) is 10.8. The van der Waals surface area contributed by atoms with Gasteiger partial charge < -0.3 is 10.3 Å². The molecule has 0 aliphatic heterocycles. The van der Waals surface area contributed by atoms with Crippen LogP contribution in [-0.2, 0) is 0 Å². The Balaban J connectivity index is 2.21. The van der Waals surface area contributed by atoms with Crippen LogP contribution in [0, 0.1) is 6.92 Å². The number of halogens is 2. The molecule has 0 radical (unpaired) electrons. The molecule has 3 rings (SSSR count). The molecule has 0 unspecified atom stereocenters. The second-order valence-corrected chi connectivity index (χ2v) is 6.09. The summed E-state index contributed by atoms with van der Waals surface area (Å²) in [5.74, 6) is 0.924. The highest BCUT2D eigenvalue weighted by atomic mass is 79.9. The number of nitrogens with zero attached hydrogens (tertiary/aromatic N) is 1. The number of rotatable bonds is 2. The van der Waals surface area contributed by atoms with Crippen molar-refractivity contribution < 1.29 is 4.52 Å². The number of anilines is 1. The van der Waals surface area contributed by atoms with E-state index in [0.717, 1.165) is 21.2 Å². The zero-order chi connectivity index (χ0) is 15.0. The van der Waals surface area contributed by atoms with E-state index in [2.05, 4.69) is 21.1 Å². The molecule has 0 aliphatic rings. The van der Waals surface area contributed by atoms with Crippen LogP contribution in [0.2, 0.25) is 5.02 Å². The standard InChI is InChI=1S/C16H12BrClN2O/c1-9-2-4-10(5-3-9)14-15(21-20-16(14)19)12-8-11(17)6-7-13(12)18/h2-8H,1H3,(H2,19,20). The van der Waals surface area contributed by atoms with Crippen molar-refractivity contribution in [1.29, 1.82) is 0 Å². The average molecular weight is 364 g/mol. The molecular weight excluding hydrogens is 352 g/mol. The first-order chi connectivity index (χ1) is 10.1. The summed E-state index contributed by atoms with van der Waals surface area (Å²) in [5.41, 5.74) is 9.62. The molecule has 5 heteroatoms. The van der Waals surface area contributed by atoms with Gasteiger partial charge in [-0.15, -0.1) is 0 Å². The number of benzene rings is 2. The van der Waals surface area contributed by atoms with Crippen LogP contribution in [0.25, 0.3) is 22.5 Å². The summed E-state index contributed by atoms with van der Waals surface area (Å²) < 4.78 is 6.33. The number of hydrogen-bond acceptors (Lipinski definition) is 3. The van der Waals surface area contributed by atoms with Crippen molar-refractivity contribution in [2.24, 2.45) is 0 Å². The van der Waals surface area contributed by atoms with E-state index in [1.54, 1.807) is 6.07 Å². The second-order valence-electron chi connectivity index (χ2n) is 4.76. The Morgan fingerprint density at radius 1 is 1.14 bits per heavy atom. The van der Waals surface area contributed by atoms with Gasteiger partial charge in [0.25, 0.3) is 0 Å². The molecule has 0 saturated heterocycles. The fraction of sp³-hybridized carbons (Fsp3) is 0.0625. The number of aromatic nitrogens is 1. The first-order valence-corrected chi connectivity index (χ1v) is 7.51. The van der Waals surface area contributed by atoms with E-state index in [1.165, 1.54) is 5.56 Å². The molecule has 0 atom stereocenters. The maximum atomic E-state index is 6.28. The minimum atomic E-state index is 0.352. The first-order valence-electron chi connectivity index (χ1n) is 6.34. The molecule has 1 aromatic heterocycles. The lowest BCUT2D eigenvalue weighted by Gasteiger charge is -2.05. The molecule has 0 saturated carbocycles. The highest BCUT2D eigenvalue weighted by molar-refractivity contribution is 9.10. The van der Waals surface area contributed by atoms with Crippen molar-refractivity contribution in [3.05, 3.63) is 57.5 Å². The monoisotopic (exact) mass is 362 g/mol. The van der Waals surface area contributed by atoms with Crippen molar-refractivity contribution in [2.45, 2.75) is 6.92 Å². The molecule has 0 aliphatic carbocycles. The Morgan fingerprint density at radius 2 is 1.86 bits per heavy atom. The summed E-state index contributed by atoms with van der Waals surface area (Å²) in [6.07, 6.45) is 0. The molecule has 1 heterocycles. The van der Waals surface area contributed by atoms with Crippen molar-refractivity contribution in [1.82, 2.24) is 5.16 Å². The third-order valence-corrected chi connectivity index (χ3v) is 4.05. The lowest BCUT2D eigenvalue weighted by Crippen LogP contribution is -1.89. The zero-order valence-electron chi connectivity index (χ0n) is 11.2. The molecule has 2 N–H and O–H groups in total. The minimum Gasteiger partial charge on any atom is -0.380 e. The molecule has 3 nitrogen and oxygen atoms in total. The van der Waals surface area contributed by atoms with E-state index in [1.807, 2.05) is 43.3 Å². The molecule has 0 bridgehead atoms. The summed E-state index contributed by atoms with van der Waals surface area (Å²) >= 11 is 9.71. The molecule has 3 aromatic rings. The summed E-state index contributed by atoms with van der Waals surface area (Å²) in [6, 6.07) is 13.6. The van der Waals surface area contributed by atoms with E-state index in [9.17, 15) is 0 Å². The number of aryl methyl sites for hydroxylation is 1. The van der Waals surface area contributed by atoms with Crippen molar-refractivity contribution >= 4 is 33.3 Å². The van der Waals surface area contributed by atoms with Gasteiger partial charge in [-0.3, -0.25) is 0 Å². The van der Waals surface area contributed by atoms with E-state index in [4.69, 9.17) is 21.9 Å². The van der Waals surface area contributed by atoms with Gasteiger partial charge in [0.05, 0.1) is 10.6 Å². The molecular formula is C16H12BrClN2O. The Labute approximate surface area is 135 Å². The maximum Gasteiger partial charge on any atom is 0.178 e. The molecule has 0 fully saturated rings. The third-order valence-electron chi connectivity index (χ3n) is 3.23. The highest BCUT2D eigenvalue weighted by Crippen LogP contribution is 2.40. The van der Waals surface area contributed by atoms with Gasteiger partial charge in [0.1, 0.15) is 0 Å². The fourth-order valence-electron chi connectivity index (χ4n) is 2.16. The van der Waals surface area contributed by atoms with Crippen LogP contribution in [-0.4, -0.2) is 5.16 Å². The van der Waals surface area contributed by atoms with E-state index in [-0.39, 0.29) is 0 Å². The van der Waals surface area contributed by atoms with E-state index < -0.39 is 0 Å². The lowest BCUT2D eigenvalue weighted by molar-refractivity contribution is 0.436. The van der Waals surface area contributed by atoms with Crippen LogP contribution in [0.5, 0.6) is 0 Å². The number of hydrogen-bond donors (Lipinski definition) is 1. The van der Waals surface area contributed by atoms with E-state index in [0.29, 0.717) is 16.6 Å². The SMILES string of the molecule is Cc1ccc(-c2c(N)noc2-c2cc(Br)ccc2Cl)cc1. The first kappa shape index (κ1) is 14.2. The van der Waals surface area contributed by atoms with Crippen molar-refractivity contribution in [3.63, 3.8) is 0 Å². The van der Waals surface area contributed by atoms with Crippen LogP contribution < -0.4 is 5.73 Å². The summed E-state index contributed by atoms with van der Waals surface area (Å²) in [6.45, 7) is 2.03. The van der Waals surface area contributed by atoms with Crippen molar-refractivity contribution in [3.8, 4) is 22.5 Å². The Kier molecular flexibility index (Phi) is 3.74. The van der Waals surface area contributed by atoms with Gasteiger partial charge in [-0.2, -0.15) is 0 Å². The number of nitrogen functional groups attached to an aromatic ring is 1. The van der Waals surface area contributed by atoms with E-state index >= 15 is 0 Å². The van der Waals surface area contributed by atoms with Gasteiger partial charge in [-0.1, -0.05) is 62.5 Å². The molecule has 0 amide bonds. The summed E-state index contributed by atoms with van der Waals surface area (Å²) in [7, 11) is 0. The quantitative estimate of drug-likeness (QED) is 0.671. The molecule has 106 valence electrons. The third kappa shape index (κ3) is 2.69. The average Bonchev–Trinajstić information content (AvgIpc) is 2.84. The smallest absolute Gasteiger partial charge is 0.178 e. The van der Waals surface area contributed by atoms with Crippen LogP contribution in [0.15, 0.2) is 51.5 Å². The van der Waals surface area contributed by atoms with Crippen LogP contribution >= 0.6 is 27.5 Å². The summed E-state index contributed by atoms with van der Waals surface area (Å²) in [4.78, 5) is 0. The van der Waals surface area contributed by atoms with Gasteiger partial charge in [0.2, 0.25) is 0 Å². The van der Waals surface area contributed by atoms with Gasteiger partial charge >= 0.3 is 0 Å². The molecule has 0 spiro atoms. The largest absolute Gasteiger partial charge is 0.380 e. The van der Waals surface area contributed by atoms with Crippen LogP contribution in [0.4, 0.5) is 5.82 Å². The van der Waals surface area contributed by atoms with Crippen molar-refractivity contribution in [2.75, 3.05) is 5.73 Å². The summed E-state index contributed by atoms with van der Waals surface area (Å²) in [5, 5.41) is 4.48. The highest BCUT2D eigenvalue weighted by Gasteiger charge is 2.19. The molecule has 21 heavy (non-hydrogen) atoms. The predicted octanol–water partition coefficient (Wildman–Crippen LogP) is 5.32. The Bertz CT molecular complexity index is 797. The predicted molar refractivity (Wildman–Crippen MR) is 89.2 cm³/mol. The molecule has 2 aromatic carbocycles. The Morgan fingerprint density at radius 3 is 2.57 bits per heavy atom. The van der Waals surface area contributed by atoms with Gasteiger partial charge in [-0.25, -0.2) is 0 Å². The minimum absolute atomic E-state index is 0.352. The number of nitrogens with two attached hydrogens (primary N) is 1. The van der Waals surface area contributed by atoms with Crippen LogP contribution in [0.1, 0.15) is 5.56 Å².